The van der Waals surface area contributed by atoms with Crippen molar-refractivity contribution in [2.75, 3.05) is 18.8 Å². The number of aromatic nitrogens is 1. The van der Waals surface area contributed by atoms with E-state index in [-0.39, 0.29) is 23.2 Å². The van der Waals surface area contributed by atoms with E-state index >= 15 is 0 Å². The summed E-state index contributed by atoms with van der Waals surface area (Å²) in [6.45, 7) is 4.68. The molecule has 0 N–H and O–H groups in total. The topological polar surface area (TPSA) is 70.6 Å². The van der Waals surface area contributed by atoms with E-state index in [0.29, 0.717) is 18.8 Å². The molecule has 0 spiro atoms. The third-order valence-electron chi connectivity index (χ3n) is 4.78. The Bertz CT molecular complexity index is 692. The summed E-state index contributed by atoms with van der Waals surface area (Å²) in [4.78, 5) is 18.5. The minimum absolute atomic E-state index is 0.0356. The fourth-order valence-corrected chi connectivity index (χ4v) is 5.87. The summed E-state index contributed by atoms with van der Waals surface area (Å²) < 4.78 is 26.6. The van der Waals surface area contributed by atoms with Gasteiger partial charge >= 0.3 is 0 Å². The molecule has 1 aliphatic heterocycles. The van der Waals surface area contributed by atoms with Gasteiger partial charge in [-0.2, -0.15) is 4.31 Å². The van der Waals surface area contributed by atoms with Crippen molar-refractivity contribution >= 4 is 27.7 Å². The molecule has 8 heteroatoms. The van der Waals surface area contributed by atoms with Crippen LogP contribution in [0, 0.1) is 0 Å². The predicted octanol–water partition coefficient (Wildman–Crippen LogP) is 1.59. The molecule has 1 saturated heterocycles. The highest BCUT2D eigenvalue weighted by Gasteiger charge is 2.45. The van der Waals surface area contributed by atoms with E-state index < -0.39 is 10.0 Å². The molecule has 1 aromatic rings. The number of hydrogen-bond acceptors (Lipinski definition) is 5. The van der Waals surface area contributed by atoms with Crippen LogP contribution in [0.4, 0.5) is 0 Å². The second kappa shape index (κ2) is 7.01. The van der Waals surface area contributed by atoms with E-state index in [0.717, 1.165) is 17.9 Å². The zero-order valence-electron chi connectivity index (χ0n) is 14.0. The quantitative estimate of drug-likeness (QED) is 0.737. The lowest BCUT2D eigenvalue weighted by Gasteiger charge is -2.44. The first kappa shape index (κ1) is 17.7. The summed E-state index contributed by atoms with van der Waals surface area (Å²) in [5.41, 5.74) is 0. The van der Waals surface area contributed by atoms with Gasteiger partial charge in [-0.15, -0.1) is 0 Å². The molecule has 1 aromatic heterocycles. The molecule has 1 amide bonds. The highest BCUT2D eigenvalue weighted by Crippen LogP contribution is 2.34. The maximum absolute atomic E-state index is 12.5. The van der Waals surface area contributed by atoms with Gasteiger partial charge in [-0.05, 0) is 38.8 Å². The minimum atomic E-state index is -3.20. The van der Waals surface area contributed by atoms with E-state index in [9.17, 15) is 13.2 Å². The van der Waals surface area contributed by atoms with Gasteiger partial charge < -0.3 is 4.90 Å². The lowest BCUT2D eigenvalue weighted by molar-refractivity contribution is -0.133. The average molecular weight is 370 g/mol. The highest BCUT2D eigenvalue weighted by atomic mass is 32.2. The number of rotatable bonds is 5. The molecule has 2 atom stereocenters. The first-order valence-electron chi connectivity index (χ1n) is 8.25. The number of sulfonamides is 1. The van der Waals surface area contributed by atoms with Crippen LogP contribution in [0.2, 0.25) is 0 Å². The molecule has 24 heavy (non-hydrogen) atoms. The van der Waals surface area contributed by atoms with Crippen molar-refractivity contribution in [2.45, 2.75) is 49.0 Å². The van der Waals surface area contributed by atoms with Gasteiger partial charge in [0.05, 0.1) is 16.0 Å². The lowest BCUT2D eigenvalue weighted by Crippen LogP contribution is -2.61. The largest absolute Gasteiger partial charge is 0.336 e. The maximum Gasteiger partial charge on any atom is 0.233 e. The molecule has 1 saturated carbocycles. The van der Waals surface area contributed by atoms with Crippen molar-refractivity contribution in [2.24, 2.45) is 0 Å². The van der Waals surface area contributed by atoms with Gasteiger partial charge in [-0.25, -0.2) is 13.4 Å². The lowest BCUT2D eigenvalue weighted by atomic mass is 10.1. The second-order valence-corrected chi connectivity index (χ2v) is 9.54. The number of piperazine rings is 1. The molecule has 132 valence electrons. The van der Waals surface area contributed by atoms with E-state index in [1.54, 1.807) is 15.4 Å². The summed E-state index contributed by atoms with van der Waals surface area (Å²) >= 11 is 1.41. The summed E-state index contributed by atoms with van der Waals surface area (Å²) in [7, 11) is -3.20. The van der Waals surface area contributed by atoms with Gasteiger partial charge in [0, 0.05) is 31.4 Å². The van der Waals surface area contributed by atoms with Crippen LogP contribution in [0.25, 0.3) is 0 Å². The normalized spacial score (nSPS) is 25.7. The summed E-state index contributed by atoms with van der Waals surface area (Å²) in [5.74, 6) is 0.358. The van der Waals surface area contributed by atoms with E-state index in [1.165, 1.54) is 11.8 Å². The van der Waals surface area contributed by atoms with E-state index in [4.69, 9.17) is 0 Å². The van der Waals surface area contributed by atoms with Gasteiger partial charge in [0.2, 0.25) is 15.9 Å². The fourth-order valence-electron chi connectivity index (χ4n) is 3.03. The third-order valence-corrected chi connectivity index (χ3v) is 8.19. The van der Waals surface area contributed by atoms with Crippen LogP contribution in [-0.4, -0.2) is 64.7 Å². The first-order chi connectivity index (χ1) is 11.4. The van der Waals surface area contributed by atoms with Crippen LogP contribution in [0.5, 0.6) is 0 Å². The van der Waals surface area contributed by atoms with Crippen LogP contribution in [0.1, 0.15) is 26.7 Å². The SMILES string of the molecule is C[C@@H]1[C@@H](C)N(S(=O)(=O)C2CC2)CCN1C(=O)CSc1ccccn1. The molecule has 6 nitrogen and oxygen atoms in total. The predicted molar refractivity (Wildman–Crippen MR) is 94.2 cm³/mol. The molecular weight excluding hydrogens is 346 g/mol. The molecule has 2 aliphatic rings. The van der Waals surface area contributed by atoms with Gasteiger partial charge in [-0.1, -0.05) is 17.8 Å². The number of nitrogens with zero attached hydrogens (tertiary/aromatic N) is 3. The van der Waals surface area contributed by atoms with Crippen LogP contribution in [0.15, 0.2) is 29.4 Å². The van der Waals surface area contributed by atoms with Gasteiger partial charge in [0.25, 0.3) is 0 Å². The Morgan fingerprint density at radius 1 is 1.25 bits per heavy atom. The van der Waals surface area contributed by atoms with Gasteiger partial charge in [-0.3, -0.25) is 4.79 Å². The van der Waals surface area contributed by atoms with Crippen molar-refractivity contribution in [1.82, 2.24) is 14.2 Å². The van der Waals surface area contributed by atoms with Crippen LogP contribution in [0.3, 0.4) is 0 Å². The average Bonchev–Trinajstić information content (AvgIpc) is 3.41. The Morgan fingerprint density at radius 3 is 2.62 bits per heavy atom. The third kappa shape index (κ3) is 3.60. The smallest absolute Gasteiger partial charge is 0.233 e. The van der Waals surface area contributed by atoms with Gasteiger partial charge in [0.15, 0.2) is 0 Å². The number of pyridine rings is 1. The Labute approximate surface area is 147 Å². The van der Waals surface area contributed by atoms with E-state index in [1.807, 2.05) is 32.0 Å². The molecule has 1 aliphatic carbocycles. The summed E-state index contributed by atoms with van der Waals surface area (Å²) in [6.07, 6.45) is 3.24. The molecule has 0 aromatic carbocycles. The monoisotopic (exact) mass is 369 g/mol. The first-order valence-corrected chi connectivity index (χ1v) is 10.7. The molecule has 2 fully saturated rings. The molecule has 0 unspecified atom stereocenters. The number of hydrogen-bond donors (Lipinski definition) is 0. The van der Waals surface area contributed by atoms with Crippen LogP contribution >= 0.6 is 11.8 Å². The fraction of sp³-hybridized carbons (Fsp3) is 0.625. The Hall–Kier alpha value is -1.12. The minimum Gasteiger partial charge on any atom is -0.336 e. The van der Waals surface area contributed by atoms with E-state index in [2.05, 4.69) is 4.98 Å². The van der Waals surface area contributed by atoms with Crippen molar-refractivity contribution in [3.05, 3.63) is 24.4 Å². The Balaban J connectivity index is 1.61. The number of thioether (sulfide) groups is 1. The molecule has 3 rings (SSSR count). The number of carbonyl (C=O) groups is 1. The van der Waals surface area contributed by atoms with Crippen molar-refractivity contribution in [1.29, 1.82) is 0 Å². The maximum atomic E-state index is 12.5. The molecule has 0 radical (unpaired) electrons. The molecule has 2 heterocycles. The summed E-state index contributed by atoms with van der Waals surface area (Å²) in [5, 5.41) is 0.621. The van der Waals surface area contributed by atoms with Crippen molar-refractivity contribution < 1.29 is 13.2 Å². The Morgan fingerprint density at radius 2 is 2.00 bits per heavy atom. The summed E-state index contributed by atoms with van der Waals surface area (Å²) in [6, 6.07) is 5.31. The number of carbonyl (C=O) groups excluding carboxylic acids is 1. The standard InChI is InChI=1S/C16H23N3O3S2/c1-12-13(2)19(24(21,22)14-6-7-14)10-9-18(12)16(20)11-23-15-5-3-4-8-17-15/h3-5,8,12-14H,6-7,9-11H2,1-2H3/t12-,13-/m1/s1. The van der Waals surface area contributed by atoms with Gasteiger partial charge in [0.1, 0.15) is 0 Å². The van der Waals surface area contributed by atoms with Crippen LogP contribution in [-0.2, 0) is 14.8 Å². The van der Waals surface area contributed by atoms with Crippen molar-refractivity contribution in [3.63, 3.8) is 0 Å². The number of amides is 1. The Kier molecular flexibility index (Phi) is 5.17. The molecule has 0 bridgehead atoms. The van der Waals surface area contributed by atoms with Crippen LogP contribution < -0.4 is 0 Å². The second-order valence-electron chi connectivity index (χ2n) is 6.38. The highest BCUT2D eigenvalue weighted by molar-refractivity contribution is 7.99. The zero-order valence-corrected chi connectivity index (χ0v) is 15.6. The zero-order chi connectivity index (χ0) is 17.3. The molecular formula is C16H23N3O3S2. The van der Waals surface area contributed by atoms with Crippen molar-refractivity contribution in [3.8, 4) is 0 Å².